The first-order valence-electron chi connectivity index (χ1n) is 6.30. The van der Waals surface area contributed by atoms with Gasteiger partial charge in [-0.15, -0.1) is 11.3 Å². The standard InChI is InChI=1S/C14H17N3O2S/c1-8-3-4-9-10(7-8)20-13(12(9)15)14(19)17-6-5-11(18)16-2/h3-4,7H,5-6,15H2,1-2H3,(H,16,18)(H,17,19). The van der Waals surface area contributed by atoms with Gasteiger partial charge in [0.1, 0.15) is 4.88 Å². The van der Waals surface area contributed by atoms with Crippen molar-refractivity contribution in [2.24, 2.45) is 0 Å². The molecule has 0 fully saturated rings. The molecule has 6 heteroatoms. The smallest absolute Gasteiger partial charge is 0.263 e. The minimum absolute atomic E-state index is 0.106. The van der Waals surface area contributed by atoms with Crippen LogP contribution < -0.4 is 16.4 Å². The molecule has 4 N–H and O–H groups in total. The average Bonchev–Trinajstić information content (AvgIpc) is 2.75. The predicted octanol–water partition coefficient (Wildman–Crippen LogP) is 1.66. The van der Waals surface area contributed by atoms with Gasteiger partial charge in [0.25, 0.3) is 5.91 Å². The zero-order valence-electron chi connectivity index (χ0n) is 11.4. The van der Waals surface area contributed by atoms with Crippen molar-refractivity contribution in [1.29, 1.82) is 0 Å². The number of nitrogens with two attached hydrogens (primary N) is 1. The first-order chi connectivity index (χ1) is 9.52. The zero-order valence-corrected chi connectivity index (χ0v) is 12.3. The summed E-state index contributed by atoms with van der Waals surface area (Å²) in [6.45, 7) is 2.30. The van der Waals surface area contributed by atoms with E-state index in [1.54, 1.807) is 7.05 Å². The second-order valence-corrected chi connectivity index (χ2v) is 5.58. The summed E-state index contributed by atoms with van der Waals surface area (Å²) >= 11 is 1.37. The van der Waals surface area contributed by atoms with Crippen LogP contribution in [0, 0.1) is 6.92 Å². The number of aryl methyl sites for hydroxylation is 1. The lowest BCUT2D eigenvalue weighted by molar-refractivity contribution is -0.120. The van der Waals surface area contributed by atoms with Gasteiger partial charge in [-0.05, 0) is 18.6 Å². The summed E-state index contributed by atoms with van der Waals surface area (Å²) in [5.41, 5.74) is 7.65. The Balaban J connectivity index is 2.14. The fraction of sp³-hybridized carbons (Fsp3) is 0.286. The van der Waals surface area contributed by atoms with Crippen LogP contribution in [0.4, 0.5) is 5.69 Å². The third kappa shape index (κ3) is 2.91. The van der Waals surface area contributed by atoms with E-state index in [0.29, 0.717) is 17.1 Å². The maximum atomic E-state index is 12.1. The number of carbonyl (C=O) groups excluding carboxylic acids is 2. The first-order valence-corrected chi connectivity index (χ1v) is 7.12. The quantitative estimate of drug-likeness (QED) is 0.801. The van der Waals surface area contributed by atoms with Gasteiger partial charge in [0.05, 0.1) is 5.69 Å². The second-order valence-electron chi connectivity index (χ2n) is 4.52. The van der Waals surface area contributed by atoms with E-state index in [4.69, 9.17) is 5.73 Å². The van der Waals surface area contributed by atoms with Gasteiger partial charge in [-0.25, -0.2) is 0 Å². The van der Waals surface area contributed by atoms with E-state index in [9.17, 15) is 9.59 Å². The third-order valence-electron chi connectivity index (χ3n) is 3.01. The van der Waals surface area contributed by atoms with Gasteiger partial charge in [-0.2, -0.15) is 0 Å². The topological polar surface area (TPSA) is 84.2 Å². The molecule has 2 aromatic rings. The first kappa shape index (κ1) is 14.3. The molecule has 0 atom stereocenters. The second kappa shape index (κ2) is 5.92. The molecule has 0 saturated carbocycles. The summed E-state index contributed by atoms with van der Waals surface area (Å²) in [6.07, 6.45) is 0.256. The van der Waals surface area contributed by atoms with Crippen LogP contribution in [0.3, 0.4) is 0 Å². The van der Waals surface area contributed by atoms with E-state index in [0.717, 1.165) is 15.6 Å². The Kier molecular flexibility index (Phi) is 4.24. The van der Waals surface area contributed by atoms with Gasteiger partial charge in [-0.3, -0.25) is 9.59 Å². The van der Waals surface area contributed by atoms with Gasteiger partial charge in [0.2, 0.25) is 5.91 Å². The fourth-order valence-electron chi connectivity index (χ4n) is 1.89. The van der Waals surface area contributed by atoms with Crippen LogP contribution in [0.25, 0.3) is 10.1 Å². The maximum Gasteiger partial charge on any atom is 0.263 e. The Bertz CT molecular complexity index is 664. The third-order valence-corrected chi connectivity index (χ3v) is 4.17. The highest BCUT2D eigenvalue weighted by molar-refractivity contribution is 7.21. The normalized spacial score (nSPS) is 10.5. The number of fused-ring (bicyclic) bond motifs is 1. The average molecular weight is 291 g/mol. The van der Waals surface area contributed by atoms with Crippen LogP contribution in [0.15, 0.2) is 18.2 Å². The van der Waals surface area contributed by atoms with Crippen molar-refractivity contribution in [2.75, 3.05) is 19.3 Å². The van der Waals surface area contributed by atoms with E-state index in [-0.39, 0.29) is 18.2 Å². The fourth-order valence-corrected chi connectivity index (χ4v) is 3.02. The summed E-state index contributed by atoms with van der Waals surface area (Å²) in [6, 6.07) is 5.91. The Morgan fingerprint density at radius 1 is 1.35 bits per heavy atom. The molecule has 1 aromatic carbocycles. The SMILES string of the molecule is CNC(=O)CCNC(=O)c1sc2cc(C)ccc2c1N. The highest BCUT2D eigenvalue weighted by atomic mass is 32.1. The summed E-state index contributed by atoms with van der Waals surface area (Å²) in [5.74, 6) is -0.338. The molecule has 0 saturated heterocycles. The molecule has 106 valence electrons. The van der Waals surface area contributed by atoms with Crippen molar-refractivity contribution in [3.05, 3.63) is 28.6 Å². The molecule has 0 unspecified atom stereocenters. The van der Waals surface area contributed by atoms with Crippen molar-refractivity contribution in [3.8, 4) is 0 Å². The number of benzene rings is 1. The molecule has 1 heterocycles. The van der Waals surface area contributed by atoms with E-state index in [2.05, 4.69) is 10.6 Å². The number of hydrogen-bond acceptors (Lipinski definition) is 4. The summed E-state index contributed by atoms with van der Waals surface area (Å²) in [4.78, 5) is 23.7. The number of hydrogen-bond donors (Lipinski definition) is 3. The van der Waals surface area contributed by atoms with Crippen molar-refractivity contribution in [1.82, 2.24) is 10.6 Å². The van der Waals surface area contributed by atoms with Crippen LogP contribution >= 0.6 is 11.3 Å². The molecule has 20 heavy (non-hydrogen) atoms. The molecule has 0 spiro atoms. The summed E-state index contributed by atoms with van der Waals surface area (Å²) in [5, 5.41) is 6.12. The molecule has 0 bridgehead atoms. The molecule has 2 rings (SSSR count). The Hall–Kier alpha value is -2.08. The van der Waals surface area contributed by atoms with Crippen LogP contribution in [-0.2, 0) is 4.79 Å². The van der Waals surface area contributed by atoms with Gasteiger partial charge in [0, 0.05) is 30.1 Å². The Morgan fingerprint density at radius 3 is 2.80 bits per heavy atom. The van der Waals surface area contributed by atoms with Crippen LogP contribution in [0.1, 0.15) is 21.7 Å². The van der Waals surface area contributed by atoms with Crippen LogP contribution in [0.5, 0.6) is 0 Å². The minimum atomic E-state index is -0.231. The molecule has 0 aliphatic heterocycles. The molecule has 1 aromatic heterocycles. The number of nitrogen functional groups attached to an aromatic ring is 1. The van der Waals surface area contributed by atoms with Crippen molar-refractivity contribution >= 4 is 38.9 Å². The minimum Gasteiger partial charge on any atom is -0.397 e. The highest BCUT2D eigenvalue weighted by Crippen LogP contribution is 2.33. The zero-order chi connectivity index (χ0) is 14.7. The summed E-state index contributed by atoms with van der Waals surface area (Å²) < 4.78 is 0.999. The lowest BCUT2D eigenvalue weighted by atomic mass is 10.1. The van der Waals surface area contributed by atoms with Gasteiger partial charge >= 0.3 is 0 Å². The van der Waals surface area contributed by atoms with E-state index >= 15 is 0 Å². The Morgan fingerprint density at radius 2 is 2.10 bits per heavy atom. The van der Waals surface area contributed by atoms with E-state index < -0.39 is 0 Å². The van der Waals surface area contributed by atoms with E-state index in [1.165, 1.54) is 11.3 Å². The van der Waals surface area contributed by atoms with Crippen molar-refractivity contribution in [3.63, 3.8) is 0 Å². The van der Waals surface area contributed by atoms with Crippen molar-refractivity contribution < 1.29 is 9.59 Å². The molecule has 0 radical (unpaired) electrons. The lowest BCUT2D eigenvalue weighted by Crippen LogP contribution is -2.29. The maximum absolute atomic E-state index is 12.1. The van der Waals surface area contributed by atoms with Gasteiger partial charge in [-0.1, -0.05) is 12.1 Å². The summed E-state index contributed by atoms with van der Waals surface area (Å²) in [7, 11) is 1.57. The van der Waals surface area contributed by atoms with E-state index in [1.807, 2.05) is 25.1 Å². The molecular formula is C14H17N3O2S. The molecule has 2 amide bonds. The number of thiophene rings is 1. The molecule has 0 aliphatic rings. The number of nitrogens with one attached hydrogen (secondary N) is 2. The number of anilines is 1. The molecule has 0 aliphatic carbocycles. The highest BCUT2D eigenvalue weighted by Gasteiger charge is 2.16. The van der Waals surface area contributed by atoms with Crippen molar-refractivity contribution in [2.45, 2.75) is 13.3 Å². The monoisotopic (exact) mass is 291 g/mol. The number of carbonyl (C=O) groups is 2. The molecular weight excluding hydrogens is 274 g/mol. The predicted molar refractivity (Wildman–Crippen MR) is 82.0 cm³/mol. The largest absolute Gasteiger partial charge is 0.397 e. The Labute approximate surface area is 121 Å². The number of rotatable bonds is 4. The van der Waals surface area contributed by atoms with Crippen LogP contribution in [0.2, 0.25) is 0 Å². The number of amides is 2. The van der Waals surface area contributed by atoms with Crippen LogP contribution in [-0.4, -0.2) is 25.4 Å². The lowest BCUT2D eigenvalue weighted by Gasteiger charge is -2.03. The molecule has 5 nitrogen and oxygen atoms in total. The van der Waals surface area contributed by atoms with Gasteiger partial charge < -0.3 is 16.4 Å². The van der Waals surface area contributed by atoms with Gasteiger partial charge in [0.15, 0.2) is 0 Å².